The van der Waals surface area contributed by atoms with E-state index < -0.39 is 0 Å². The zero-order chi connectivity index (χ0) is 12.7. The summed E-state index contributed by atoms with van der Waals surface area (Å²) in [5.41, 5.74) is 8.97. The van der Waals surface area contributed by atoms with E-state index in [1.54, 1.807) is 0 Å². The summed E-state index contributed by atoms with van der Waals surface area (Å²) in [7, 11) is 2.00. The molecule has 2 nitrogen and oxygen atoms in total. The van der Waals surface area contributed by atoms with Crippen LogP contribution in [0.2, 0.25) is 0 Å². The average molecular weight is 228 g/mol. The fraction of sp³-hybridized carbons (Fsp3) is 0.400. The van der Waals surface area contributed by atoms with Gasteiger partial charge in [-0.25, -0.2) is 0 Å². The van der Waals surface area contributed by atoms with Crippen molar-refractivity contribution in [2.75, 3.05) is 0 Å². The molecule has 0 amide bonds. The van der Waals surface area contributed by atoms with Crippen LogP contribution in [-0.4, -0.2) is 9.78 Å². The normalized spacial score (nSPS) is 10.9. The van der Waals surface area contributed by atoms with E-state index >= 15 is 0 Å². The topological polar surface area (TPSA) is 17.8 Å². The Labute approximate surface area is 103 Å². The lowest BCUT2D eigenvalue weighted by atomic mass is 9.93. The van der Waals surface area contributed by atoms with Gasteiger partial charge in [-0.1, -0.05) is 17.7 Å². The van der Waals surface area contributed by atoms with E-state index in [4.69, 9.17) is 0 Å². The minimum atomic E-state index is 1.11. The van der Waals surface area contributed by atoms with E-state index in [1.165, 1.54) is 33.5 Å². The van der Waals surface area contributed by atoms with Crippen LogP contribution in [0.3, 0.4) is 0 Å². The fourth-order valence-corrected chi connectivity index (χ4v) is 2.46. The summed E-state index contributed by atoms with van der Waals surface area (Å²) in [6.07, 6.45) is 0. The van der Waals surface area contributed by atoms with Crippen molar-refractivity contribution in [2.45, 2.75) is 34.6 Å². The second kappa shape index (κ2) is 4.02. The van der Waals surface area contributed by atoms with Crippen molar-refractivity contribution in [3.8, 4) is 11.1 Å². The Morgan fingerprint density at radius 1 is 1.00 bits per heavy atom. The first-order valence-corrected chi connectivity index (χ1v) is 6.00. The van der Waals surface area contributed by atoms with Crippen LogP contribution in [0.15, 0.2) is 12.1 Å². The van der Waals surface area contributed by atoms with Gasteiger partial charge in [-0.15, -0.1) is 0 Å². The predicted octanol–water partition coefficient (Wildman–Crippen LogP) is 3.63. The Morgan fingerprint density at radius 2 is 1.65 bits per heavy atom. The highest BCUT2D eigenvalue weighted by Gasteiger charge is 2.14. The van der Waals surface area contributed by atoms with Gasteiger partial charge in [-0.2, -0.15) is 5.10 Å². The molecule has 2 heteroatoms. The number of hydrogen-bond donors (Lipinski definition) is 0. The monoisotopic (exact) mass is 228 g/mol. The van der Waals surface area contributed by atoms with Crippen molar-refractivity contribution in [3.05, 3.63) is 40.2 Å². The minimum Gasteiger partial charge on any atom is -0.272 e. The van der Waals surface area contributed by atoms with Crippen LogP contribution >= 0.6 is 0 Å². The summed E-state index contributed by atoms with van der Waals surface area (Å²) >= 11 is 0. The first kappa shape index (κ1) is 11.9. The standard InChI is InChI=1S/C15H20N2/c1-9-7-10(2)11(3)14(8-9)15-12(4)16-17(6)13(15)5/h7-8H,1-6H3. The van der Waals surface area contributed by atoms with Gasteiger partial charge in [-0.3, -0.25) is 4.68 Å². The summed E-state index contributed by atoms with van der Waals surface area (Å²) in [5, 5.41) is 4.50. The van der Waals surface area contributed by atoms with E-state index in [0.29, 0.717) is 0 Å². The molecule has 1 aromatic carbocycles. The molecule has 0 N–H and O–H groups in total. The van der Waals surface area contributed by atoms with Crippen LogP contribution in [-0.2, 0) is 7.05 Å². The van der Waals surface area contributed by atoms with Gasteiger partial charge in [0.1, 0.15) is 0 Å². The lowest BCUT2D eigenvalue weighted by Crippen LogP contribution is -1.94. The zero-order valence-electron chi connectivity index (χ0n) is 11.5. The van der Waals surface area contributed by atoms with Crippen molar-refractivity contribution in [1.29, 1.82) is 0 Å². The van der Waals surface area contributed by atoms with Gasteiger partial charge >= 0.3 is 0 Å². The largest absolute Gasteiger partial charge is 0.272 e. The molecule has 0 aliphatic rings. The Balaban J connectivity index is 2.76. The van der Waals surface area contributed by atoms with Gasteiger partial charge < -0.3 is 0 Å². The van der Waals surface area contributed by atoms with Crippen molar-refractivity contribution >= 4 is 0 Å². The Bertz CT molecular complexity index is 577. The number of benzene rings is 1. The Kier molecular flexibility index (Phi) is 2.82. The lowest BCUT2D eigenvalue weighted by Gasteiger charge is -2.11. The van der Waals surface area contributed by atoms with E-state index in [9.17, 15) is 0 Å². The van der Waals surface area contributed by atoms with Crippen molar-refractivity contribution < 1.29 is 0 Å². The maximum absolute atomic E-state index is 4.50. The summed E-state index contributed by atoms with van der Waals surface area (Å²) in [4.78, 5) is 0. The first-order valence-electron chi connectivity index (χ1n) is 6.00. The summed E-state index contributed by atoms with van der Waals surface area (Å²) in [5.74, 6) is 0. The number of nitrogens with zero attached hydrogens (tertiary/aromatic N) is 2. The quantitative estimate of drug-likeness (QED) is 0.728. The van der Waals surface area contributed by atoms with E-state index in [1.807, 2.05) is 11.7 Å². The minimum absolute atomic E-state index is 1.11. The molecular weight excluding hydrogens is 208 g/mol. The molecule has 2 aromatic rings. The SMILES string of the molecule is Cc1cc(C)c(C)c(-c2c(C)nn(C)c2C)c1. The third-order valence-corrected chi connectivity index (χ3v) is 3.59. The Hall–Kier alpha value is -1.57. The van der Waals surface area contributed by atoms with Crippen molar-refractivity contribution in [2.24, 2.45) is 7.05 Å². The molecule has 17 heavy (non-hydrogen) atoms. The summed E-state index contributed by atoms with van der Waals surface area (Å²) in [6, 6.07) is 4.50. The molecule has 2 rings (SSSR count). The number of aryl methyl sites for hydroxylation is 4. The van der Waals surface area contributed by atoms with Gasteiger partial charge in [-0.05, 0) is 51.3 Å². The summed E-state index contributed by atoms with van der Waals surface area (Å²) in [6.45, 7) is 10.7. The average Bonchev–Trinajstić information content (AvgIpc) is 2.48. The maximum Gasteiger partial charge on any atom is 0.0674 e. The molecule has 0 aliphatic carbocycles. The summed E-state index contributed by atoms with van der Waals surface area (Å²) < 4.78 is 1.96. The highest BCUT2D eigenvalue weighted by molar-refractivity contribution is 5.73. The van der Waals surface area contributed by atoms with Crippen LogP contribution in [0.4, 0.5) is 0 Å². The second-order valence-electron chi connectivity index (χ2n) is 4.92. The van der Waals surface area contributed by atoms with E-state index in [2.05, 4.69) is 51.9 Å². The molecule has 0 fully saturated rings. The van der Waals surface area contributed by atoms with Gasteiger partial charge in [0.2, 0.25) is 0 Å². The van der Waals surface area contributed by atoms with Crippen LogP contribution in [0.5, 0.6) is 0 Å². The smallest absolute Gasteiger partial charge is 0.0674 e. The molecule has 0 saturated heterocycles. The molecule has 0 unspecified atom stereocenters. The second-order valence-corrected chi connectivity index (χ2v) is 4.92. The van der Waals surface area contributed by atoms with Gasteiger partial charge in [0.25, 0.3) is 0 Å². The van der Waals surface area contributed by atoms with Crippen LogP contribution in [0.1, 0.15) is 28.1 Å². The molecule has 1 heterocycles. The van der Waals surface area contributed by atoms with Crippen LogP contribution < -0.4 is 0 Å². The molecule has 0 atom stereocenters. The van der Waals surface area contributed by atoms with Crippen LogP contribution in [0, 0.1) is 34.6 Å². The number of hydrogen-bond acceptors (Lipinski definition) is 1. The van der Waals surface area contributed by atoms with E-state index in [-0.39, 0.29) is 0 Å². The molecule has 0 spiro atoms. The molecule has 90 valence electrons. The van der Waals surface area contributed by atoms with Crippen molar-refractivity contribution in [3.63, 3.8) is 0 Å². The highest BCUT2D eigenvalue weighted by atomic mass is 15.3. The zero-order valence-corrected chi connectivity index (χ0v) is 11.5. The number of aromatic nitrogens is 2. The molecular formula is C15H20N2. The molecule has 0 saturated carbocycles. The number of rotatable bonds is 1. The highest BCUT2D eigenvalue weighted by Crippen LogP contribution is 2.31. The fourth-order valence-electron chi connectivity index (χ4n) is 2.46. The van der Waals surface area contributed by atoms with Crippen LogP contribution in [0.25, 0.3) is 11.1 Å². The third kappa shape index (κ3) is 1.88. The van der Waals surface area contributed by atoms with Crippen molar-refractivity contribution in [1.82, 2.24) is 9.78 Å². The third-order valence-electron chi connectivity index (χ3n) is 3.59. The predicted molar refractivity (Wildman–Crippen MR) is 72.3 cm³/mol. The molecule has 1 aromatic heterocycles. The van der Waals surface area contributed by atoms with Gasteiger partial charge in [0.15, 0.2) is 0 Å². The van der Waals surface area contributed by atoms with Gasteiger partial charge in [0, 0.05) is 18.3 Å². The lowest BCUT2D eigenvalue weighted by molar-refractivity contribution is 0.731. The van der Waals surface area contributed by atoms with E-state index in [0.717, 1.165) is 5.69 Å². The Morgan fingerprint density at radius 3 is 2.18 bits per heavy atom. The first-order chi connectivity index (χ1) is 7.91. The van der Waals surface area contributed by atoms with Gasteiger partial charge in [0.05, 0.1) is 5.69 Å². The molecule has 0 aliphatic heterocycles. The molecule has 0 radical (unpaired) electrons. The molecule has 0 bridgehead atoms. The maximum atomic E-state index is 4.50.